The van der Waals surface area contributed by atoms with Crippen molar-refractivity contribution in [3.05, 3.63) is 71.3 Å². The van der Waals surface area contributed by atoms with Gasteiger partial charge >= 0.3 is 0 Å². The van der Waals surface area contributed by atoms with Crippen LogP contribution in [0.2, 0.25) is 0 Å². The molecule has 0 aromatic heterocycles. The molecule has 120 valence electrons. The summed E-state index contributed by atoms with van der Waals surface area (Å²) in [5.41, 5.74) is 1.02. The third-order valence-corrected chi connectivity index (χ3v) is 3.16. The Balaban J connectivity index is 1.72. The molecular formula is C17H16F2N2O2. The zero-order valence-corrected chi connectivity index (χ0v) is 12.3. The van der Waals surface area contributed by atoms with Crippen LogP contribution in [-0.4, -0.2) is 18.4 Å². The van der Waals surface area contributed by atoms with E-state index in [9.17, 15) is 18.4 Å². The third kappa shape index (κ3) is 5.50. The van der Waals surface area contributed by atoms with Crippen molar-refractivity contribution in [3.8, 4) is 0 Å². The van der Waals surface area contributed by atoms with E-state index in [0.29, 0.717) is 11.1 Å². The maximum absolute atomic E-state index is 13.4. The van der Waals surface area contributed by atoms with E-state index in [-0.39, 0.29) is 31.2 Å². The highest BCUT2D eigenvalue weighted by molar-refractivity contribution is 5.85. The van der Waals surface area contributed by atoms with Crippen LogP contribution in [0.3, 0.4) is 0 Å². The van der Waals surface area contributed by atoms with Crippen molar-refractivity contribution in [2.75, 3.05) is 6.54 Å². The highest BCUT2D eigenvalue weighted by Gasteiger charge is 2.08. The molecule has 0 aliphatic rings. The first-order valence-electron chi connectivity index (χ1n) is 7.06. The minimum atomic E-state index is -0.416. The maximum atomic E-state index is 13.4. The minimum Gasteiger partial charge on any atom is -0.350 e. The molecule has 0 spiro atoms. The summed E-state index contributed by atoms with van der Waals surface area (Å²) in [6.45, 7) is -0.145. The number of carbonyl (C=O) groups is 2. The summed E-state index contributed by atoms with van der Waals surface area (Å²) in [5, 5.41) is 4.98. The van der Waals surface area contributed by atoms with Crippen LogP contribution in [0, 0.1) is 11.6 Å². The monoisotopic (exact) mass is 318 g/mol. The fourth-order valence-corrected chi connectivity index (χ4v) is 1.93. The summed E-state index contributed by atoms with van der Waals surface area (Å²) in [6.07, 6.45) is 0.0564. The Morgan fingerprint density at radius 1 is 0.870 bits per heavy atom. The number of amides is 2. The number of hydrogen-bond acceptors (Lipinski definition) is 2. The SMILES string of the molecule is O=C(CNC(=O)Cc1ccc(F)cc1)NCc1ccccc1F. The summed E-state index contributed by atoms with van der Waals surface area (Å²) in [6, 6.07) is 11.7. The smallest absolute Gasteiger partial charge is 0.239 e. The van der Waals surface area contributed by atoms with Gasteiger partial charge in [0.2, 0.25) is 11.8 Å². The predicted molar refractivity (Wildman–Crippen MR) is 81.4 cm³/mol. The fourth-order valence-electron chi connectivity index (χ4n) is 1.93. The molecule has 2 rings (SSSR count). The van der Waals surface area contributed by atoms with Crippen LogP contribution < -0.4 is 10.6 Å². The van der Waals surface area contributed by atoms with Crippen LogP contribution in [0.4, 0.5) is 8.78 Å². The lowest BCUT2D eigenvalue weighted by molar-refractivity contribution is -0.125. The van der Waals surface area contributed by atoms with Crippen molar-refractivity contribution >= 4 is 11.8 Å². The molecule has 0 unspecified atom stereocenters. The van der Waals surface area contributed by atoms with Gasteiger partial charge in [0, 0.05) is 12.1 Å². The molecule has 4 nitrogen and oxygen atoms in total. The first kappa shape index (κ1) is 16.6. The molecule has 2 amide bonds. The lowest BCUT2D eigenvalue weighted by Gasteiger charge is -2.08. The number of hydrogen-bond donors (Lipinski definition) is 2. The first-order valence-corrected chi connectivity index (χ1v) is 7.06. The van der Waals surface area contributed by atoms with Crippen molar-refractivity contribution in [3.63, 3.8) is 0 Å². The second-order valence-corrected chi connectivity index (χ2v) is 4.95. The van der Waals surface area contributed by atoms with Gasteiger partial charge in [-0.2, -0.15) is 0 Å². The van der Waals surface area contributed by atoms with Crippen molar-refractivity contribution in [1.82, 2.24) is 10.6 Å². The van der Waals surface area contributed by atoms with E-state index < -0.39 is 11.7 Å². The second kappa shape index (κ2) is 8.03. The quantitative estimate of drug-likeness (QED) is 0.855. The molecular weight excluding hydrogens is 302 g/mol. The van der Waals surface area contributed by atoms with E-state index in [1.165, 1.54) is 30.3 Å². The van der Waals surface area contributed by atoms with Gasteiger partial charge in [-0.05, 0) is 23.8 Å². The molecule has 0 bridgehead atoms. The Morgan fingerprint density at radius 2 is 1.57 bits per heavy atom. The van der Waals surface area contributed by atoms with Gasteiger partial charge in [0.25, 0.3) is 0 Å². The summed E-state index contributed by atoms with van der Waals surface area (Å²) >= 11 is 0. The molecule has 0 aliphatic heterocycles. The molecule has 0 saturated carbocycles. The van der Waals surface area contributed by atoms with Crippen LogP contribution >= 0.6 is 0 Å². The van der Waals surface area contributed by atoms with Crippen molar-refractivity contribution in [1.29, 1.82) is 0 Å². The van der Waals surface area contributed by atoms with Gasteiger partial charge in [-0.3, -0.25) is 9.59 Å². The lowest BCUT2D eigenvalue weighted by Crippen LogP contribution is -2.37. The number of nitrogens with one attached hydrogen (secondary N) is 2. The lowest BCUT2D eigenvalue weighted by atomic mass is 10.1. The Kier molecular flexibility index (Phi) is 5.80. The Labute approximate surface area is 132 Å². The van der Waals surface area contributed by atoms with Gasteiger partial charge in [0.05, 0.1) is 13.0 Å². The number of rotatable bonds is 6. The first-order chi connectivity index (χ1) is 11.0. The molecule has 2 aromatic carbocycles. The van der Waals surface area contributed by atoms with E-state index in [1.807, 2.05) is 0 Å². The van der Waals surface area contributed by atoms with Gasteiger partial charge in [-0.25, -0.2) is 8.78 Å². The zero-order valence-electron chi connectivity index (χ0n) is 12.3. The van der Waals surface area contributed by atoms with E-state index >= 15 is 0 Å². The van der Waals surface area contributed by atoms with E-state index in [2.05, 4.69) is 10.6 Å². The van der Waals surface area contributed by atoms with Crippen LogP contribution in [0.1, 0.15) is 11.1 Å². The Morgan fingerprint density at radius 3 is 2.26 bits per heavy atom. The van der Waals surface area contributed by atoms with Crippen LogP contribution in [0.5, 0.6) is 0 Å². The second-order valence-electron chi connectivity index (χ2n) is 4.95. The predicted octanol–water partition coefficient (Wildman–Crippen LogP) is 1.94. The molecule has 0 radical (unpaired) electrons. The molecule has 2 aromatic rings. The molecule has 23 heavy (non-hydrogen) atoms. The van der Waals surface area contributed by atoms with E-state index in [0.717, 1.165) is 0 Å². The highest BCUT2D eigenvalue weighted by atomic mass is 19.1. The van der Waals surface area contributed by atoms with Gasteiger partial charge in [0.15, 0.2) is 0 Å². The summed E-state index contributed by atoms with van der Waals surface area (Å²) < 4.78 is 26.1. The fraction of sp³-hybridized carbons (Fsp3) is 0.176. The number of halogens is 2. The van der Waals surface area contributed by atoms with E-state index in [4.69, 9.17) is 0 Å². The summed E-state index contributed by atoms with van der Waals surface area (Å²) in [5.74, 6) is -1.53. The summed E-state index contributed by atoms with van der Waals surface area (Å²) in [4.78, 5) is 23.3. The number of benzene rings is 2. The largest absolute Gasteiger partial charge is 0.350 e. The topological polar surface area (TPSA) is 58.2 Å². The summed E-state index contributed by atoms with van der Waals surface area (Å²) in [7, 11) is 0. The number of carbonyl (C=O) groups excluding carboxylic acids is 2. The molecule has 0 heterocycles. The maximum Gasteiger partial charge on any atom is 0.239 e. The standard InChI is InChI=1S/C17H16F2N2O2/c18-14-7-5-12(6-8-14)9-16(22)21-11-17(23)20-10-13-3-1-2-4-15(13)19/h1-8H,9-11H2,(H,20,23)(H,21,22). The zero-order chi connectivity index (χ0) is 16.7. The van der Waals surface area contributed by atoms with Crippen LogP contribution in [0.25, 0.3) is 0 Å². The molecule has 2 N–H and O–H groups in total. The van der Waals surface area contributed by atoms with Gasteiger partial charge in [-0.1, -0.05) is 30.3 Å². The van der Waals surface area contributed by atoms with E-state index in [1.54, 1.807) is 18.2 Å². The Bertz CT molecular complexity index is 687. The average molecular weight is 318 g/mol. The van der Waals surface area contributed by atoms with Gasteiger partial charge in [-0.15, -0.1) is 0 Å². The molecule has 0 atom stereocenters. The molecule has 6 heteroatoms. The van der Waals surface area contributed by atoms with Crippen molar-refractivity contribution < 1.29 is 18.4 Å². The van der Waals surface area contributed by atoms with Crippen LogP contribution in [-0.2, 0) is 22.6 Å². The third-order valence-electron chi connectivity index (χ3n) is 3.16. The minimum absolute atomic E-state index is 0.0549. The molecule has 0 aliphatic carbocycles. The molecule has 0 saturated heterocycles. The Hall–Kier alpha value is -2.76. The van der Waals surface area contributed by atoms with Crippen molar-refractivity contribution in [2.45, 2.75) is 13.0 Å². The van der Waals surface area contributed by atoms with Gasteiger partial charge in [0.1, 0.15) is 11.6 Å². The average Bonchev–Trinajstić information content (AvgIpc) is 2.54. The normalized spacial score (nSPS) is 10.2. The molecule has 0 fully saturated rings. The van der Waals surface area contributed by atoms with Crippen LogP contribution in [0.15, 0.2) is 48.5 Å². The van der Waals surface area contributed by atoms with Crippen molar-refractivity contribution in [2.24, 2.45) is 0 Å². The van der Waals surface area contributed by atoms with Gasteiger partial charge < -0.3 is 10.6 Å². The highest BCUT2D eigenvalue weighted by Crippen LogP contribution is 2.05.